The van der Waals surface area contributed by atoms with E-state index >= 15 is 0 Å². The molecule has 1 fully saturated rings. The predicted molar refractivity (Wildman–Crippen MR) is 96.5 cm³/mol. The largest absolute Gasteiger partial charge is 0.260 e. The quantitative estimate of drug-likeness (QED) is 0.683. The lowest BCUT2D eigenvalue weighted by Crippen LogP contribution is -2.22. The van der Waals surface area contributed by atoms with Crippen molar-refractivity contribution in [3.05, 3.63) is 65.2 Å². The van der Waals surface area contributed by atoms with Crippen molar-refractivity contribution in [1.29, 1.82) is 0 Å². The van der Waals surface area contributed by atoms with E-state index in [-0.39, 0.29) is 0 Å². The van der Waals surface area contributed by atoms with Crippen LogP contribution in [0.1, 0.15) is 37.2 Å². The Labute approximate surface area is 142 Å². The highest BCUT2D eigenvalue weighted by Crippen LogP contribution is 2.35. The molecule has 0 amide bonds. The van der Waals surface area contributed by atoms with Gasteiger partial charge in [0.2, 0.25) is 0 Å². The van der Waals surface area contributed by atoms with Crippen molar-refractivity contribution in [2.24, 2.45) is 5.92 Å². The Morgan fingerprint density at radius 2 is 1.59 bits per heavy atom. The molecule has 1 nitrogen and oxygen atoms in total. The molecule has 0 saturated heterocycles. The second kappa shape index (κ2) is 8.05. The van der Waals surface area contributed by atoms with E-state index < -0.39 is 0 Å². The molecule has 1 N–H and O–H groups in total. The average Bonchev–Trinajstić information content (AvgIpc) is 2.58. The maximum Gasteiger partial charge on any atom is 0.0406 e. The minimum absolute atomic E-state index is 0.765. The van der Waals surface area contributed by atoms with E-state index in [9.17, 15) is 0 Å². The number of halogens is 1. The zero-order valence-electron chi connectivity index (χ0n) is 12.7. The fourth-order valence-corrected chi connectivity index (χ4v) is 4.05. The van der Waals surface area contributed by atoms with E-state index in [4.69, 9.17) is 11.6 Å². The van der Waals surface area contributed by atoms with Gasteiger partial charge in [0.15, 0.2) is 0 Å². The summed E-state index contributed by atoms with van der Waals surface area (Å²) in [5, 5.41) is 0.795. The summed E-state index contributed by atoms with van der Waals surface area (Å²) in [5.41, 5.74) is 1.52. The zero-order valence-corrected chi connectivity index (χ0v) is 14.2. The van der Waals surface area contributed by atoms with Crippen LogP contribution in [0.4, 0.5) is 0 Å². The van der Waals surface area contributed by atoms with Gasteiger partial charge in [-0.05, 0) is 79.3 Å². The lowest BCUT2D eigenvalue weighted by Gasteiger charge is -2.28. The summed E-state index contributed by atoms with van der Waals surface area (Å²) < 4.78 is 3.52. The zero-order chi connectivity index (χ0) is 15.2. The molecule has 116 valence electrons. The Morgan fingerprint density at radius 1 is 0.909 bits per heavy atom. The first-order valence-corrected chi connectivity index (χ1v) is 9.21. The third-order valence-electron chi connectivity index (χ3n) is 4.49. The molecular weight excluding hydrogens is 310 g/mol. The molecule has 0 atom stereocenters. The molecule has 0 bridgehead atoms. The van der Waals surface area contributed by atoms with Crippen molar-refractivity contribution >= 4 is 23.5 Å². The van der Waals surface area contributed by atoms with Crippen LogP contribution in [0.25, 0.3) is 0 Å². The molecule has 0 aromatic heterocycles. The first-order chi connectivity index (χ1) is 10.8. The van der Waals surface area contributed by atoms with Crippen molar-refractivity contribution < 1.29 is 0 Å². The molecule has 2 aromatic rings. The van der Waals surface area contributed by atoms with E-state index in [0.29, 0.717) is 0 Å². The normalized spacial score (nSPS) is 21.7. The van der Waals surface area contributed by atoms with Gasteiger partial charge in [0, 0.05) is 16.5 Å². The smallest absolute Gasteiger partial charge is 0.0406 e. The molecule has 0 heterocycles. The molecule has 3 rings (SSSR count). The topological polar surface area (TPSA) is 12.0 Å². The van der Waals surface area contributed by atoms with Gasteiger partial charge in [-0.25, -0.2) is 0 Å². The SMILES string of the molecule is Clc1ccc(SNCC2CCC(c3ccccc3)CC2)cc1. The number of nitrogens with one attached hydrogen (secondary N) is 1. The predicted octanol–water partition coefficient (Wildman–Crippen LogP) is 5.91. The van der Waals surface area contributed by atoms with Crippen molar-refractivity contribution in [3.8, 4) is 0 Å². The lowest BCUT2D eigenvalue weighted by molar-refractivity contribution is 0.328. The van der Waals surface area contributed by atoms with Crippen LogP contribution in [0.15, 0.2) is 59.5 Å². The van der Waals surface area contributed by atoms with E-state index in [1.807, 2.05) is 12.1 Å². The summed E-state index contributed by atoms with van der Waals surface area (Å²) in [6.07, 6.45) is 5.30. The van der Waals surface area contributed by atoms with Crippen LogP contribution in [0.5, 0.6) is 0 Å². The van der Waals surface area contributed by atoms with Crippen LogP contribution in [0.3, 0.4) is 0 Å². The Hall–Kier alpha value is -0.960. The minimum atomic E-state index is 0.765. The van der Waals surface area contributed by atoms with E-state index in [0.717, 1.165) is 23.4 Å². The Balaban J connectivity index is 1.40. The minimum Gasteiger partial charge on any atom is -0.260 e. The Morgan fingerprint density at radius 3 is 2.27 bits per heavy atom. The van der Waals surface area contributed by atoms with Gasteiger partial charge in [-0.2, -0.15) is 0 Å². The highest BCUT2D eigenvalue weighted by molar-refractivity contribution is 7.97. The molecule has 0 unspecified atom stereocenters. The summed E-state index contributed by atoms with van der Waals surface area (Å²) in [6.45, 7) is 1.09. The molecule has 0 radical (unpaired) electrons. The molecule has 1 saturated carbocycles. The standard InChI is InChI=1S/C19H22ClNS/c20-18-10-12-19(13-11-18)22-21-14-15-6-8-17(9-7-15)16-4-2-1-3-5-16/h1-5,10-13,15,17,21H,6-9,14H2. The van der Waals surface area contributed by atoms with Gasteiger partial charge in [0.25, 0.3) is 0 Å². The molecule has 2 aromatic carbocycles. The third-order valence-corrected chi connectivity index (χ3v) is 5.56. The van der Waals surface area contributed by atoms with Gasteiger partial charge in [-0.1, -0.05) is 41.9 Å². The monoisotopic (exact) mass is 331 g/mol. The first kappa shape index (κ1) is 15.9. The van der Waals surface area contributed by atoms with Crippen molar-refractivity contribution in [1.82, 2.24) is 4.72 Å². The summed E-state index contributed by atoms with van der Waals surface area (Å²) in [4.78, 5) is 1.22. The van der Waals surface area contributed by atoms with Crippen molar-refractivity contribution in [2.45, 2.75) is 36.5 Å². The van der Waals surface area contributed by atoms with Crippen LogP contribution in [-0.4, -0.2) is 6.54 Å². The van der Waals surface area contributed by atoms with Crippen LogP contribution in [0, 0.1) is 5.92 Å². The van der Waals surface area contributed by atoms with Gasteiger partial charge in [-0.15, -0.1) is 0 Å². The second-order valence-electron chi connectivity index (χ2n) is 6.03. The molecule has 1 aliphatic carbocycles. The van der Waals surface area contributed by atoms with Gasteiger partial charge in [-0.3, -0.25) is 4.72 Å². The van der Waals surface area contributed by atoms with Crippen LogP contribution in [0.2, 0.25) is 5.02 Å². The molecular formula is C19H22ClNS. The first-order valence-electron chi connectivity index (χ1n) is 8.01. The van der Waals surface area contributed by atoms with Crippen LogP contribution < -0.4 is 4.72 Å². The summed E-state index contributed by atoms with van der Waals surface area (Å²) in [7, 11) is 0. The van der Waals surface area contributed by atoms with Gasteiger partial charge >= 0.3 is 0 Å². The summed E-state index contributed by atoms with van der Waals surface area (Å²) >= 11 is 7.61. The summed E-state index contributed by atoms with van der Waals surface area (Å²) in [6, 6.07) is 19.0. The lowest BCUT2D eigenvalue weighted by atomic mass is 9.79. The highest BCUT2D eigenvalue weighted by atomic mass is 35.5. The van der Waals surface area contributed by atoms with Crippen molar-refractivity contribution in [3.63, 3.8) is 0 Å². The fourth-order valence-electron chi connectivity index (χ4n) is 3.17. The molecule has 1 aliphatic rings. The van der Waals surface area contributed by atoms with E-state index in [1.54, 1.807) is 11.9 Å². The molecule has 0 aliphatic heterocycles. The van der Waals surface area contributed by atoms with Crippen molar-refractivity contribution in [2.75, 3.05) is 6.54 Å². The maximum absolute atomic E-state index is 5.90. The highest BCUT2D eigenvalue weighted by Gasteiger charge is 2.21. The number of benzene rings is 2. The van der Waals surface area contributed by atoms with E-state index in [1.165, 1.54) is 36.1 Å². The number of rotatable bonds is 5. The molecule has 0 spiro atoms. The number of hydrogen-bond acceptors (Lipinski definition) is 2. The second-order valence-corrected chi connectivity index (χ2v) is 7.43. The number of hydrogen-bond donors (Lipinski definition) is 1. The van der Waals surface area contributed by atoms with Gasteiger partial charge < -0.3 is 0 Å². The average molecular weight is 332 g/mol. The third kappa shape index (κ3) is 4.52. The van der Waals surface area contributed by atoms with Crippen LogP contribution >= 0.6 is 23.5 Å². The Bertz CT molecular complexity index is 562. The Kier molecular flexibility index (Phi) is 5.82. The summed E-state index contributed by atoms with van der Waals surface area (Å²) in [5.74, 6) is 1.57. The molecule has 22 heavy (non-hydrogen) atoms. The van der Waals surface area contributed by atoms with Gasteiger partial charge in [0.05, 0.1) is 0 Å². The molecule has 3 heteroatoms. The maximum atomic E-state index is 5.90. The fraction of sp³-hybridized carbons (Fsp3) is 0.368. The van der Waals surface area contributed by atoms with Crippen LogP contribution in [-0.2, 0) is 0 Å². The van der Waals surface area contributed by atoms with E-state index in [2.05, 4.69) is 47.2 Å². The van der Waals surface area contributed by atoms with Gasteiger partial charge in [0.1, 0.15) is 0 Å².